The summed E-state index contributed by atoms with van der Waals surface area (Å²) in [7, 11) is 0. The molecule has 0 unspecified atom stereocenters. The van der Waals surface area contributed by atoms with Gasteiger partial charge in [0.15, 0.2) is 0 Å². The second-order valence-corrected chi connectivity index (χ2v) is 10.3. The SMILES string of the molecule is Oc1ccc(-c2ccccc2SCc2ccccc2)cc1-c1ccccc1SCc1ccccc1. The number of benzene rings is 5. The molecule has 0 atom stereocenters. The summed E-state index contributed by atoms with van der Waals surface area (Å²) < 4.78 is 0. The molecule has 172 valence electrons. The third-order valence-electron chi connectivity index (χ3n) is 5.85. The van der Waals surface area contributed by atoms with Crippen LogP contribution in [0.15, 0.2) is 137 Å². The van der Waals surface area contributed by atoms with Gasteiger partial charge in [0.2, 0.25) is 0 Å². The Morgan fingerprint density at radius 1 is 0.457 bits per heavy atom. The molecule has 0 saturated carbocycles. The molecule has 0 bridgehead atoms. The first-order valence-electron chi connectivity index (χ1n) is 11.6. The number of rotatable bonds is 8. The molecule has 0 aromatic heterocycles. The standard InChI is InChI=1S/C32H26OS2/c33-30-20-19-26(27-15-7-9-17-31(27)34-22-24-11-3-1-4-12-24)21-29(30)28-16-8-10-18-32(28)35-23-25-13-5-2-6-14-25/h1-21,33H,22-23H2. The van der Waals surface area contributed by atoms with E-state index in [1.807, 2.05) is 36.0 Å². The van der Waals surface area contributed by atoms with Crippen molar-refractivity contribution in [1.82, 2.24) is 0 Å². The summed E-state index contributed by atoms with van der Waals surface area (Å²) in [5.74, 6) is 2.11. The second-order valence-electron chi connectivity index (χ2n) is 8.27. The Morgan fingerprint density at radius 2 is 0.943 bits per heavy atom. The van der Waals surface area contributed by atoms with Crippen molar-refractivity contribution in [3.8, 4) is 28.0 Å². The van der Waals surface area contributed by atoms with E-state index < -0.39 is 0 Å². The Balaban J connectivity index is 1.45. The van der Waals surface area contributed by atoms with Crippen LogP contribution in [0.5, 0.6) is 5.75 Å². The lowest BCUT2D eigenvalue weighted by atomic mass is 9.98. The molecule has 5 aromatic carbocycles. The minimum Gasteiger partial charge on any atom is -0.507 e. The highest BCUT2D eigenvalue weighted by Crippen LogP contribution is 2.41. The average molecular weight is 491 g/mol. The maximum atomic E-state index is 10.9. The predicted molar refractivity (Wildman–Crippen MR) is 151 cm³/mol. The van der Waals surface area contributed by atoms with Gasteiger partial charge in [-0.3, -0.25) is 0 Å². The smallest absolute Gasteiger partial charge is 0.123 e. The van der Waals surface area contributed by atoms with Crippen LogP contribution in [-0.2, 0) is 11.5 Å². The molecule has 0 saturated heterocycles. The van der Waals surface area contributed by atoms with Crippen molar-refractivity contribution in [2.45, 2.75) is 21.3 Å². The summed E-state index contributed by atoms with van der Waals surface area (Å²) in [5.41, 5.74) is 6.81. The van der Waals surface area contributed by atoms with Crippen molar-refractivity contribution >= 4 is 23.5 Å². The molecule has 0 aliphatic heterocycles. The van der Waals surface area contributed by atoms with Gasteiger partial charge in [-0.1, -0.05) is 103 Å². The van der Waals surface area contributed by atoms with E-state index in [9.17, 15) is 5.11 Å². The Kier molecular flexibility index (Phi) is 7.57. The summed E-state index contributed by atoms with van der Waals surface area (Å²) in [6.07, 6.45) is 0. The van der Waals surface area contributed by atoms with Gasteiger partial charge in [-0.15, -0.1) is 23.5 Å². The Hall–Kier alpha value is -3.40. The van der Waals surface area contributed by atoms with Crippen LogP contribution in [0.2, 0.25) is 0 Å². The molecule has 5 rings (SSSR count). The molecule has 5 aromatic rings. The van der Waals surface area contributed by atoms with Gasteiger partial charge in [-0.25, -0.2) is 0 Å². The molecule has 0 fully saturated rings. The van der Waals surface area contributed by atoms with Crippen molar-refractivity contribution in [1.29, 1.82) is 0 Å². The first kappa shape index (κ1) is 23.3. The lowest BCUT2D eigenvalue weighted by molar-refractivity contribution is 0.477. The summed E-state index contributed by atoms with van der Waals surface area (Å²) in [6.45, 7) is 0. The third-order valence-corrected chi connectivity index (χ3v) is 8.14. The number of thioether (sulfide) groups is 2. The van der Waals surface area contributed by atoms with Gasteiger partial charge >= 0.3 is 0 Å². The summed E-state index contributed by atoms with van der Waals surface area (Å²) in [6, 6.07) is 43.9. The van der Waals surface area contributed by atoms with Gasteiger partial charge in [0.1, 0.15) is 5.75 Å². The molecule has 0 spiro atoms. The molecular weight excluding hydrogens is 464 g/mol. The topological polar surface area (TPSA) is 20.2 Å². The van der Waals surface area contributed by atoms with Gasteiger partial charge in [0, 0.05) is 26.9 Å². The van der Waals surface area contributed by atoms with Crippen molar-refractivity contribution < 1.29 is 5.11 Å². The Labute approximate surface area is 215 Å². The lowest BCUT2D eigenvalue weighted by Gasteiger charge is -2.14. The van der Waals surface area contributed by atoms with E-state index in [4.69, 9.17) is 0 Å². The maximum absolute atomic E-state index is 10.9. The van der Waals surface area contributed by atoms with Gasteiger partial charge in [0.25, 0.3) is 0 Å². The molecule has 1 nitrogen and oxygen atoms in total. The maximum Gasteiger partial charge on any atom is 0.123 e. The van der Waals surface area contributed by atoms with Crippen molar-refractivity contribution in [3.05, 3.63) is 139 Å². The van der Waals surface area contributed by atoms with E-state index in [1.54, 1.807) is 11.8 Å². The van der Waals surface area contributed by atoms with Crippen molar-refractivity contribution in [2.24, 2.45) is 0 Å². The van der Waals surface area contributed by atoms with E-state index in [0.29, 0.717) is 5.75 Å². The molecule has 0 radical (unpaired) electrons. The zero-order chi connectivity index (χ0) is 23.9. The molecule has 0 aliphatic rings. The zero-order valence-electron chi connectivity index (χ0n) is 19.3. The fourth-order valence-corrected chi connectivity index (χ4v) is 6.09. The average Bonchev–Trinajstić information content (AvgIpc) is 2.93. The summed E-state index contributed by atoms with van der Waals surface area (Å²) in [5, 5.41) is 10.9. The van der Waals surface area contributed by atoms with Gasteiger partial charge in [-0.05, 0) is 52.1 Å². The molecule has 0 amide bonds. The number of phenols is 1. The summed E-state index contributed by atoms with van der Waals surface area (Å²) in [4.78, 5) is 2.40. The molecule has 0 aliphatic carbocycles. The minimum atomic E-state index is 0.302. The molecule has 3 heteroatoms. The predicted octanol–water partition coefficient (Wildman–Crippen LogP) is 9.31. The van der Waals surface area contributed by atoms with Crippen LogP contribution in [0.3, 0.4) is 0 Å². The van der Waals surface area contributed by atoms with Gasteiger partial charge < -0.3 is 5.11 Å². The van der Waals surface area contributed by atoms with Crippen LogP contribution < -0.4 is 0 Å². The second kappa shape index (κ2) is 11.4. The quantitative estimate of drug-likeness (QED) is 0.219. The number of aromatic hydroxyl groups is 1. The molecule has 0 heterocycles. The Morgan fingerprint density at radius 3 is 1.54 bits per heavy atom. The third kappa shape index (κ3) is 5.82. The number of hydrogen-bond donors (Lipinski definition) is 1. The van der Waals surface area contributed by atoms with Crippen LogP contribution in [0, 0.1) is 0 Å². The van der Waals surface area contributed by atoms with Crippen LogP contribution in [-0.4, -0.2) is 5.11 Å². The Bertz CT molecular complexity index is 1400. The van der Waals surface area contributed by atoms with E-state index in [1.165, 1.54) is 21.6 Å². The first-order valence-corrected chi connectivity index (χ1v) is 13.6. The van der Waals surface area contributed by atoms with Crippen LogP contribution in [0.4, 0.5) is 0 Å². The number of hydrogen-bond acceptors (Lipinski definition) is 3. The minimum absolute atomic E-state index is 0.302. The normalized spacial score (nSPS) is 10.9. The highest BCUT2D eigenvalue weighted by atomic mass is 32.2. The van der Waals surface area contributed by atoms with Gasteiger partial charge in [0.05, 0.1) is 0 Å². The fraction of sp³-hybridized carbons (Fsp3) is 0.0625. The van der Waals surface area contributed by atoms with E-state index in [0.717, 1.165) is 33.1 Å². The van der Waals surface area contributed by atoms with E-state index >= 15 is 0 Å². The van der Waals surface area contributed by atoms with Crippen LogP contribution in [0.1, 0.15) is 11.1 Å². The lowest BCUT2D eigenvalue weighted by Crippen LogP contribution is -1.88. The molecular formula is C32H26OS2. The highest BCUT2D eigenvalue weighted by molar-refractivity contribution is 7.99. The highest BCUT2D eigenvalue weighted by Gasteiger charge is 2.13. The molecule has 1 N–H and O–H groups in total. The zero-order valence-corrected chi connectivity index (χ0v) is 20.9. The number of phenolic OH excluding ortho intramolecular Hbond substituents is 1. The van der Waals surface area contributed by atoms with Crippen LogP contribution in [0.25, 0.3) is 22.3 Å². The fourth-order valence-electron chi connectivity index (χ4n) is 4.04. The van der Waals surface area contributed by atoms with Crippen molar-refractivity contribution in [3.63, 3.8) is 0 Å². The summed E-state index contributed by atoms with van der Waals surface area (Å²) >= 11 is 3.64. The van der Waals surface area contributed by atoms with Crippen molar-refractivity contribution in [2.75, 3.05) is 0 Å². The van der Waals surface area contributed by atoms with E-state index in [-0.39, 0.29) is 0 Å². The molecule has 35 heavy (non-hydrogen) atoms. The monoisotopic (exact) mass is 490 g/mol. The first-order chi connectivity index (χ1) is 17.3. The largest absolute Gasteiger partial charge is 0.507 e. The van der Waals surface area contributed by atoms with E-state index in [2.05, 4.69) is 103 Å². The van der Waals surface area contributed by atoms with Crippen LogP contribution >= 0.6 is 23.5 Å². The van der Waals surface area contributed by atoms with Gasteiger partial charge in [-0.2, -0.15) is 0 Å².